The summed E-state index contributed by atoms with van der Waals surface area (Å²) in [7, 11) is -5.42. The minimum atomic E-state index is -5.42. The molecule has 0 fully saturated rings. The van der Waals surface area contributed by atoms with E-state index in [2.05, 4.69) is 26.8 Å². The Morgan fingerprint density at radius 3 is 1.43 bits per heavy atom. The SMILES string of the molecule is CC(C)(C)c1ccccc1-c1ccccc1P(O)(O)(O)c1ccccc1C(C)(C)C. The summed E-state index contributed by atoms with van der Waals surface area (Å²) in [5.74, 6) is 0. The van der Waals surface area contributed by atoms with Gasteiger partial charge in [0.05, 0.1) is 0 Å². The first-order valence-electron chi connectivity index (χ1n) is 10.3. The monoisotopic (exact) mass is 424 g/mol. The van der Waals surface area contributed by atoms with Gasteiger partial charge in [0.15, 0.2) is 0 Å². The molecular formula is C26H33O3P. The van der Waals surface area contributed by atoms with Gasteiger partial charge in [-0.1, -0.05) is 0 Å². The maximum absolute atomic E-state index is 11.6. The Bertz CT molecular complexity index is 1060. The first-order valence-corrected chi connectivity index (χ1v) is 12.4. The van der Waals surface area contributed by atoms with Crippen molar-refractivity contribution in [2.45, 2.75) is 52.4 Å². The van der Waals surface area contributed by atoms with Crippen LogP contribution in [0.3, 0.4) is 0 Å². The van der Waals surface area contributed by atoms with Gasteiger partial charge in [-0.3, -0.25) is 0 Å². The van der Waals surface area contributed by atoms with Crippen LogP contribution in [0.25, 0.3) is 11.1 Å². The van der Waals surface area contributed by atoms with Crippen molar-refractivity contribution in [1.29, 1.82) is 0 Å². The van der Waals surface area contributed by atoms with Gasteiger partial charge in [-0.15, -0.1) is 0 Å². The molecule has 0 aliphatic heterocycles. The van der Waals surface area contributed by atoms with Crippen LogP contribution in [0.5, 0.6) is 0 Å². The summed E-state index contributed by atoms with van der Waals surface area (Å²) in [6.07, 6.45) is 0. The molecule has 4 heteroatoms. The quantitative estimate of drug-likeness (QED) is 0.508. The molecule has 3 aromatic carbocycles. The fourth-order valence-electron chi connectivity index (χ4n) is 4.03. The number of rotatable bonds is 3. The molecule has 3 nitrogen and oxygen atoms in total. The molecule has 0 radical (unpaired) electrons. The zero-order chi connectivity index (χ0) is 22.4. The molecule has 0 unspecified atom stereocenters. The molecule has 0 aliphatic carbocycles. The van der Waals surface area contributed by atoms with Gasteiger partial charge in [0.25, 0.3) is 0 Å². The fraction of sp³-hybridized carbons (Fsp3) is 0.308. The van der Waals surface area contributed by atoms with E-state index in [-0.39, 0.29) is 21.4 Å². The Labute approximate surface area is 180 Å². The van der Waals surface area contributed by atoms with E-state index in [9.17, 15) is 14.7 Å². The third kappa shape index (κ3) is 4.08. The van der Waals surface area contributed by atoms with Crippen LogP contribution in [0.1, 0.15) is 52.7 Å². The van der Waals surface area contributed by atoms with Gasteiger partial charge in [0.1, 0.15) is 0 Å². The van der Waals surface area contributed by atoms with Crippen LogP contribution in [0.4, 0.5) is 0 Å². The molecule has 3 aromatic rings. The molecule has 3 rings (SSSR count). The second-order valence-corrected chi connectivity index (χ2v) is 13.0. The predicted molar refractivity (Wildman–Crippen MR) is 129 cm³/mol. The van der Waals surface area contributed by atoms with Crippen LogP contribution in [-0.2, 0) is 10.8 Å². The fourth-order valence-corrected chi connectivity index (χ4v) is 6.50. The molecule has 0 saturated heterocycles. The molecule has 0 aromatic heterocycles. The average molecular weight is 425 g/mol. The van der Waals surface area contributed by atoms with Crippen LogP contribution < -0.4 is 10.6 Å². The van der Waals surface area contributed by atoms with Gasteiger partial charge >= 0.3 is 180 Å². The van der Waals surface area contributed by atoms with Crippen LogP contribution in [0.2, 0.25) is 0 Å². The maximum atomic E-state index is 11.6. The average Bonchev–Trinajstić information content (AvgIpc) is 2.66. The van der Waals surface area contributed by atoms with Crippen LogP contribution >= 0.6 is 7.28 Å². The molecule has 0 spiro atoms. The van der Waals surface area contributed by atoms with Gasteiger partial charge in [0, 0.05) is 0 Å². The predicted octanol–water partition coefficient (Wildman–Crippen LogP) is 5.17. The molecule has 0 heterocycles. The van der Waals surface area contributed by atoms with Crippen molar-refractivity contribution >= 4 is 17.9 Å². The Kier molecular flexibility index (Phi) is 5.50. The first kappa shape index (κ1) is 22.7. The number of benzene rings is 3. The first-order chi connectivity index (χ1) is 13.7. The summed E-state index contributed by atoms with van der Waals surface area (Å²) in [5.41, 5.74) is 2.80. The van der Waals surface area contributed by atoms with Gasteiger partial charge in [0.2, 0.25) is 0 Å². The van der Waals surface area contributed by atoms with Gasteiger partial charge < -0.3 is 0 Å². The van der Waals surface area contributed by atoms with Crippen molar-refractivity contribution < 1.29 is 14.7 Å². The van der Waals surface area contributed by atoms with Gasteiger partial charge in [-0.25, -0.2) is 0 Å². The third-order valence-corrected chi connectivity index (χ3v) is 8.08. The third-order valence-electron chi connectivity index (χ3n) is 5.53. The van der Waals surface area contributed by atoms with Crippen molar-refractivity contribution in [3.8, 4) is 11.1 Å². The molecule has 0 bridgehead atoms. The molecular weight excluding hydrogens is 391 g/mol. The van der Waals surface area contributed by atoms with Crippen LogP contribution in [0.15, 0.2) is 72.8 Å². The second kappa shape index (κ2) is 7.28. The summed E-state index contributed by atoms with van der Waals surface area (Å²) >= 11 is 0. The van der Waals surface area contributed by atoms with E-state index in [0.717, 1.165) is 11.1 Å². The second-order valence-electron chi connectivity index (χ2n) is 10.1. The molecule has 30 heavy (non-hydrogen) atoms. The summed E-state index contributed by atoms with van der Waals surface area (Å²) in [6.45, 7) is 12.4. The zero-order valence-electron chi connectivity index (χ0n) is 18.7. The summed E-state index contributed by atoms with van der Waals surface area (Å²) < 4.78 is 0. The summed E-state index contributed by atoms with van der Waals surface area (Å²) in [6, 6.07) is 22.1. The Hall–Kier alpha value is -2.03. The summed E-state index contributed by atoms with van der Waals surface area (Å²) in [5, 5.41) is 0.355. The van der Waals surface area contributed by atoms with Crippen molar-refractivity contribution in [3.63, 3.8) is 0 Å². The van der Waals surface area contributed by atoms with Gasteiger partial charge in [-0.05, 0) is 0 Å². The van der Waals surface area contributed by atoms with Crippen molar-refractivity contribution in [1.82, 2.24) is 0 Å². The van der Waals surface area contributed by atoms with Crippen molar-refractivity contribution in [3.05, 3.63) is 83.9 Å². The molecule has 0 atom stereocenters. The van der Waals surface area contributed by atoms with E-state index in [0.29, 0.717) is 11.1 Å². The van der Waals surface area contributed by atoms with E-state index in [1.54, 1.807) is 24.3 Å². The van der Waals surface area contributed by atoms with Crippen molar-refractivity contribution in [2.24, 2.45) is 0 Å². The van der Waals surface area contributed by atoms with Crippen LogP contribution in [0, 0.1) is 0 Å². The standard InChI is InChI=1S/C26H33O3P/c1-25(2,3)21-15-9-7-13-19(21)20-14-8-11-17-23(20)30(27,28,29)24-18-12-10-16-22(24)26(4,5)6/h7-18,27-29H,1-6H3. The molecule has 0 amide bonds. The normalized spacial score (nSPS) is 14.2. The minimum absolute atomic E-state index is 0.149. The Morgan fingerprint density at radius 1 is 0.500 bits per heavy atom. The molecule has 160 valence electrons. The van der Waals surface area contributed by atoms with E-state index >= 15 is 0 Å². The van der Waals surface area contributed by atoms with E-state index in [1.807, 2.05) is 63.2 Å². The Balaban J connectivity index is 2.36. The topological polar surface area (TPSA) is 60.7 Å². The molecule has 0 saturated carbocycles. The van der Waals surface area contributed by atoms with E-state index in [4.69, 9.17) is 0 Å². The van der Waals surface area contributed by atoms with E-state index in [1.165, 1.54) is 0 Å². The number of hydrogen-bond donors (Lipinski definition) is 3. The molecule has 3 N–H and O–H groups in total. The van der Waals surface area contributed by atoms with E-state index < -0.39 is 7.28 Å². The zero-order valence-corrected chi connectivity index (χ0v) is 19.6. The number of hydrogen-bond acceptors (Lipinski definition) is 3. The molecule has 0 aliphatic rings. The van der Waals surface area contributed by atoms with Crippen LogP contribution in [-0.4, -0.2) is 14.7 Å². The Morgan fingerprint density at radius 2 is 0.900 bits per heavy atom. The van der Waals surface area contributed by atoms with Gasteiger partial charge in [-0.2, -0.15) is 0 Å². The van der Waals surface area contributed by atoms with Crippen molar-refractivity contribution in [2.75, 3.05) is 0 Å². The summed E-state index contributed by atoms with van der Waals surface area (Å²) in [4.78, 5) is 34.9.